The van der Waals surface area contributed by atoms with Crippen LogP contribution in [0.5, 0.6) is 0 Å². The Hall–Kier alpha value is -2.10. The van der Waals surface area contributed by atoms with Gasteiger partial charge in [0.15, 0.2) is 0 Å². The summed E-state index contributed by atoms with van der Waals surface area (Å²) in [6, 6.07) is 8.79. The summed E-state index contributed by atoms with van der Waals surface area (Å²) in [5, 5.41) is 13.8. The second-order valence-electron chi connectivity index (χ2n) is 4.81. The monoisotopic (exact) mass is 419 g/mol. The van der Waals surface area contributed by atoms with Crippen molar-refractivity contribution in [2.75, 3.05) is 0 Å². The topological polar surface area (TPSA) is 153 Å². The van der Waals surface area contributed by atoms with Gasteiger partial charge in [-0.3, -0.25) is 9.11 Å². The van der Waals surface area contributed by atoms with Gasteiger partial charge in [-0.25, -0.2) is 0 Å². The molecule has 0 saturated heterocycles. The fourth-order valence-corrected chi connectivity index (χ4v) is 4.81. The lowest BCUT2D eigenvalue weighted by atomic mass is 9.98. The van der Waals surface area contributed by atoms with Gasteiger partial charge in [0.05, 0.1) is 0 Å². The molecule has 0 amide bonds. The molecular formula is C15H17NO7S3. The van der Waals surface area contributed by atoms with Gasteiger partial charge < -0.3 is 5.11 Å². The number of nitrogens with zero attached hydrogens (tertiary/aromatic N) is 1. The van der Waals surface area contributed by atoms with Gasteiger partial charge in [0.2, 0.25) is 4.08 Å². The van der Waals surface area contributed by atoms with Crippen LogP contribution in [-0.4, -0.2) is 35.1 Å². The van der Waals surface area contributed by atoms with E-state index in [4.69, 9.17) is 10.4 Å². The largest absolute Gasteiger partial charge is 0.443 e. The van der Waals surface area contributed by atoms with Crippen LogP contribution in [0.15, 0.2) is 60.7 Å². The Balaban J connectivity index is 0.00000146. The minimum absolute atomic E-state index is 0. The summed E-state index contributed by atoms with van der Waals surface area (Å²) in [4.78, 5) is 0. The predicted octanol–water partition coefficient (Wildman–Crippen LogP) is 1.87. The second-order valence-corrected chi connectivity index (χ2v) is 8.32. The molecule has 0 fully saturated rings. The Morgan fingerprint density at radius 1 is 1.04 bits per heavy atom. The van der Waals surface area contributed by atoms with Crippen LogP contribution in [0.4, 0.5) is 0 Å². The van der Waals surface area contributed by atoms with Gasteiger partial charge in [0, 0.05) is 5.92 Å². The third kappa shape index (κ3) is 5.20. The lowest BCUT2D eigenvalue weighted by Crippen LogP contribution is -2.50. The number of benzene rings is 1. The summed E-state index contributed by atoms with van der Waals surface area (Å²) in [7, 11) is -10.3. The molecule has 11 heteroatoms. The van der Waals surface area contributed by atoms with Gasteiger partial charge in [0.25, 0.3) is 26.5 Å². The molecule has 1 unspecified atom stereocenters. The van der Waals surface area contributed by atoms with E-state index in [1.165, 1.54) is 24.3 Å². The Morgan fingerprint density at radius 2 is 1.54 bits per heavy atom. The third-order valence-corrected chi connectivity index (χ3v) is 7.02. The smallest absolute Gasteiger partial charge is 0.292 e. The summed E-state index contributed by atoms with van der Waals surface area (Å²) in [6.45, 7) is 0. The van der Waals surface area contributed by atoms with E-state index in [-0.39, 0.29) is 13.5 Å². The lowest BCUT2D eigenvalue weighted by Gasteiger charge is -2.30. The normalized spacial score (nSPS) is 18.3. The van der Waals surface area contributed by atoms with E-state index in [9.17, 15) is 25.9 Å². The summed E-state index contributed by atoms with van der Waals surface area (Å²) in [6.07, 6.45) is 8.19. The molecule has 142 valence electrons. The molecule has 1 aliphatic carbocycles. The maximum atomic E-state index is 11.7. The highest BCUT2D eigenvalue weighted by atomic mass is 32.3. The van der Waals surface area contributed by atoms with E-state index < -0.39 is 30.2 Å². The number of hydrogen-bond acceptors (Lipinski definition) is 6. The first kappa shape index (κ1) is 23.9. The quantitative estimate of drug-likeness (QED) is 0.494. The van der Waals surface area contributed by atoms with E-state index in [2.05, 4.69) is 0 Å². The minimum Gasteiger partial charge on any atom is -0.443 e. The Labute approximate surface area is 158 Å². The zero-order chi connectivity index (χ0) is 19.1. The lowest BCUT2D eigenvalue weighted by molar-refractivity contribution is 0.425. The molecule has 1 atom stereocenters. The van der Waals surface area contributed by atoms with Crippen LogP contribution >= 0.6 is 13.5 Å². The summed E-state index contributed by atoms with van der Waals surface area (Å²) in [5.41, 5.74) is 0.713. The predicted molar refractivity (Wildman–Crippen MR) is 101 cm³/mol. The molecule has 0 saturated carbocycles. The van der Waals surface area contributed by atoms with Gasteiger partial charge in [-0.15, -0.1) is 0 Å². The number of aliphatic hydroxyl groups excluding tert-OH is 1. The highest BCUT2D eigenvalue weighted by molar-refractivity contribution is 8.05. The highest BCUT2D eigenvalue weighted by Gasteiger charge is 2.57. The SMILES string of the molecule is N#CO.O=S(=O)(O)C1(S(=O)(=O)O)C=CC=CC1C=Cc1ccccc1.S. The Kier molecular flexibility index (Phi) is 8.79. The van der Waals surface area contributed by atoms with E-state index in [1.54, 1.807) is 30.3 Å². The Bertz CT molecular complexity index is 895. The first-order chi connectivity index (χ1) is 11.6. The summed E-state index contributed by atoms with van der Waals surface area (Å²) in [5.74, 6) is -1.28. The fraction of sp³-hybridized carbons (Fsp3) is 0.133. The average molecular weight is 420 g/mol. The molecule has 3 N–H and O–H groups in total. The number of allylic oxidation sites excluding steroid dienone is 4. The zero-order valence-corrected chi connectivity index (χ0v) is 15.8. The van der Waals surface area contributed by atoms with Gasteiger partial charge in [0.1, 0.15) is 0 Å². The molecule has 0 heterocycles. The van der Waals surface area contributed by atoms with Gasteiger partial charge in [-0.05, 0) is 11.6 Å². The highest BCUT2D eigenvalue weighted by Crippen LogP contribution is 2.38. The summed E-state index contributed by atoms with van der Waals surface area (Å²) < 4.78 is 62.7. The minimum atomic E-state index is -5.13. The summed E-state index contributed by atoms with van der Waals surface area (Å²) >= 11 is 0. The van der Waals surface area contributed by atoms with Crippen LogP contribution in [0.1, 0.15) is 5.56 Å². The van der Waals surface area contributed by atoms with Crippen molar-refractivity contribution >= 4 is 39.8 Å². The number of nitriles is 1. The van der Waals surface area contributed by atoms with Crippen LogP contribution < -0.4 is 0 Å². The van der Waals surface area contributed by atoms with Gasteiger partial charge in [-0.2, -0.15) is 35.6 Å². The maximum Gasteiger partial charge on any atom is 0.292 e. The van der Waals surface area contributed by atoms with Crippen molar-refractivity contribution in [1.29, 1.82) is 5.26 Å². The van der Waals surface area contributed by atoms with Crippen LogP contribution in [-0.2, 0) is 20.2 Å². The van der Waals surface area contributed by atoms with E-state index in [1.807, 2.05) is 0 Å². The zero-order valence-electron chi connectivity index (χ0n) is 13.2. The molecule has 1 aromatic carbocycles. The molecule has 2 rings (SSSR count). The molecular weight excluding hydrogens is 402 g/mol. The van der Waals surface area contributed by atoms with Crippen molar-refractivity contribution in [3.05, 3.63) is 66.3 Å². The van der Waals surface area contributed by atoms with E-state index in [0.717, 1.165) is 18.4 Å². The van der Waals surface area contributed by atoms with Crippen molar-refractivity contribution in [3.8, 4) is 6.26 Å². The number of aliphatic hydroxyl groups is 1. The number of rotatable bonds is 4. The molecule has 0 spiro atoms. The molecule has 0 radical (unpaired) electrons. The van der Waals surface area contributed by atoms with Gasteiger partial charge in [-0.1, -0.05) is 60.7 Å². The first-order valence-corrected chi connectivity index (χ1v) is 9.54. The molecule has 0 aliphatic heterocycles. The maximum absolute atomic E-state index is 11.7. The van der Waals surface area contributed by atoms with Crippen LogP contribution in [0, 0.1) is 17.4 Å². The van der Waals surface area contributed by atoms with Crippen LogP contribution in [0.3, 0.4) is 0 Å². The van der Waals surface area contributed by atoms with Crippen molar-refractivity contribution in [2.45, 2.75) is 4.08 Å². The molecule has 26 heavy (non-hydrogen) atoms. The van der Waals surface area contributed by atoms with Crippen molar-refractivity contribution in [3.63, 3.8) is 0 Å². The van der Waals surface area contributed by atoms with E-state index in [0.29, 0.717) is 5.56 Å². The molecule has 0 bridgehead atoms. The number of hydrogen-bond donors (Lipinski definition) is 3. The second kappa shape index (κ2) is 9.56. The molecule has 0 aromatic heterocycles. The van der Waals surface area contributed by atoms with Crippen LogP contribution in [0.2, 0.25) is 0 Å². The first-order valence-electron chi connectivity index (χ1n) is 6.66. The molecule has 8 nitrogen and oxygen atoms in total. The molecule has 1 aliphatic rings. The Morgan fingerprint density at radius 3 is 2.00 bits per heavy atom. The van der Waals surface area contributed by atoms with Gasteiger partial charge >= 0.3 is 0 Å². The fourth-order valence-electron chi connectivity index (χ4n) is 2.24. The third-order valence-electron chi connectivity index (χ3n) is 3.32. The van der Waals surface area contributed by atoms with E-state index >= 15 is 0 Å². The molecule has 1 aromatic rings. The van der Waals surface area contributed by atoms with Crippen LogP contribution in [0.25, 0.3) is 6.08 Å². The van der Waals surface area contributed by atoms with Crippen molar-refractivity contribution < 1.29 is 31.0 Å². The van der Waals surface area contributed by atoms with Crippen molar-refractivity contribution in [1.82, 2.24) is 0 Å². The average Bonchev–Trinajstić information content (AvgIpc) is 2.53. The van der Waals surface area contributed by atoms with Crippen molar-refractivity contribution in [2.24, 2.45) is 5.92 Å². The standard InChI is InChI=1S/C14H14O6S2.CHNO.H2S/c15-21(16,17)14(22(18,19)20)11-5-4-8-13(14)10-9-12-6-2-1-3-7-12;2-1-3;/h1-11,13H,(H,15,16,17)(H,18,19,20);3H;1H2.